The maximum atomic E-state index is 6.01. The quantitative estimate of drug-likeness (QED) is 0.572. The van der Waals surface area contributed by atoms with Gasteiger partial charge in [0.2, 0.25) is 0 Å². The molecule has 2 heteroatoms. The van der Waals surface area contributed by atoms with Crippen molar-refractivity contribution in [1.29, 1.82) is 0 Å². The highest BCUT2D eigenvalue weighted by molar-refractivity contribution is 7.27. The summed E-state index contributed by atoms with van der Waals surface area (Å²) in [7, 11) is 2.80. The van der Waals surface area contributed by atoms with Crippen LogP contribution in [0, 0.1) is 6.92 Å². The molecule has 1 saturated carbocycles. The highest BCUT2D eigenvalue weighted by Gasteiger charge is 2.16. The van der Waals surface area contributed by atoms with Crippen molar-refractivity contribution in [2.45, 2.75) is 44.9 Å². The second kappa shape index (κ2) is 4.53. The number of rotatable bonds is 1. The zero-order valence-electron chi connectivity index (χ0n) is 9.42. The molecule has 1 fully saturated rings. The monoisotopic (exact) mass is 221 g/mol. The lowest BCUT2D eigenvalue weighted by Gasteiger charge is -2.23. The van der Waals surface area contributed by atoms with Gasteiger partial charge in [0, 0.05) is 5.69 Å². The van der Waals surface area contributed by atoms with Gasteiger partial charge in [-0.2, -0.15) is 0 Å². The van der Waals surface area contributed by atoms with Crippen molar-refractivity contribution in [2.75, 3.05) is 5.73 Å². The van der Waals surface area contributed by atoms with E-state index >= 15 is 0 Å². The van der Waals surface area contributed by atoms with Crippen molar-refractivity contribution in [3.05, 3.63) is 23.3 Å². The van der Waals surface area contributed by atoms with E-state index in [1.54, 1.807) is 0 Å². The van der Waals surface area contributed by atoms with E-state index in [9.17, 15) is 0 Å². The molecular weight excluding hydrogens is 201 g/mol. The fourth-order valence-electron chi connectivity index (χ4n) is 2.46. The van der Waals surface area contributed by atoms with E-state index in [4.69, 9.17) is 5.73 Å². The average molecular weight is 221 g/mol. The third kappa shape index (κ3) is 2.34. The van der Waals surface area contributed by atoms with Gasteiger partial charge in [-0.05, 0) is 48.2 Å². The first-order valence-electron chi connectivity index (χ1n) is 5.84. The van der Waals surface area contributed by atoms with Gasteiger partial charge >= 0.3 is 0 Å². The van der Waals surface area contributed by atoms with Crippen LogP contribution in [0.3, 0.4) is 0 Å². The molecule has 1 aromatic rings. The second-order valence-corrected chi connectivity index (χ2v) is 5.28. The molecular formula is C13H20NP. The van der Waals surface area contributed by atoms with Crippen LogP contribution < -0.4 is 11.0 Å². The van der Waals surface area contributed by atoms with Gasteiger partial charge in [0.1, 0.15) is 0 Å². The number of nitrogen functional groups attached to an aromatic ring is 1. The predicted octanol–water partition coefficient (Wildman–Crippen LogP) is 3.13. The van der Waals surface area contributed by atoms with Gasteiger partial charge in [-0.3, -0.25) is 0 Å². The van der Waals surface area contributed by atoms with Crippen molar-refractivity contribution in [1.82, 2.24) is 0 Å². The van der Waals surface area contributed by atoms with Crippen LogP contribution in [-0.2, 0) is 0 Å². The van der Waals surface area contributed by atoms with Crippen LogP contribution in [-0.4, -0.2) is 0 Å². The summed E-state index contributed by atoms with van der Waals surface area (Å²) in [6, 6.07) is 4.48. The zero-order valence-corrected chi connectivity index (χ0v) is 10.6. The van der Waals surface area contributed by atoms with Crippen LogP contribution in [0.5, 0.6) is 0 Å². The van der Waals surface area contributed by atoms with Crippen LogP contribution in [0.2, 0.25) is 0 Å². The van der Waals surface area contributed by atoms with Crippen molar-refractivity contribution < 1.29 is 0 Å². The van der Waals surface area contributed by atoms with Crippen molar-refractivity contribution >= 4 is 20.2 Å². The maximum absolute atomic E-state index is 6.01. The van der Waals surface area contributed by atoms with E-state index in [0.717, 1.165) is 11.6 Å². The summed E-state index contributed by atoms with van der Waals surface area (Å²) in [5.41, 5.74) is 9.62. The van der Waals surface area contributed by atoms with Crippen LogP contribution in [0.15, 0.2) is 12.1 Å². The molecule has 2 rings (SSSR count). The van der Waals surface area contributed by atoms with Gasteiger partial charge in [0.15, 0.2) is 0 Å². The molecule has 15 heavy (non-hydrogen) atoms. The highest BCUT2D eigenvalue weighted by atomic mass is 31.0. The molecule has 1 nitrogen and oxygen atoms in total. The Hall–Kier alpha value is -0.550. The van der Waals surface area contributed by atoms with Gasteiger partial charge in [-0.25, -0.2) is 0 Å². The SMILES string of the molecule is Cc1c(N)cc(C2CCCCC2)cc1P. The van der Waals surface area contributed by atoms with E-state index in [1.165, 1.54) is 48.5 Å². The van der Waals surface area contributed by atoms with Gasteiger partial charge < -0.3 is 5.73 Å². The summed E-state index contributed by atoms with van der Waals surface area (Å²) in [6.07, 6.45) is 6.85. The molecule has 0 bridgehead atoms. The van der Waals surface area contributed by atoms with Crippen LogP contribution in [0.25, 0.3) is 0 Å². The van der Waals surface area contributed by atoms with Gasteiger partial charge in [-0.15, -0.1) is 9.24 Å². The Labute approximate surface area is 94.6 Å². The molecule has 0 aliphatic heterocycles. The Morgan fingerprint density at radius 3 is 2.47 bits per heavy atom. The van der Waals surface area contributed by atoms with E-state index in [1.807, 2.05) is 0 Å². The van der Waals surface area contributed by atoms with Gasteiger partial charge in [-0.1, -0.05) is 25.3 Å². The summed E-state index contributed by atoms with van der Waals surface area (Å²) in [6.45, 7) is 2.09. The fraction of sp³-hybridized carbons (Fsp3) is 0.538. The lowest BCUT2D eigenvalue weighted by atomic mass is 9.83. The molecule has 0 aromatic heterocycles. The first-order chi connectivity index (χ1) is 7.18. The third-order valence-electron chi connectivity index (χ3n) is 3.59. The smallest absolute Gasteiger partial charge is 0.0352 e. The minimum Gasteiger partial charge on any atom is -0.398 e. The molecule has 2 N–H and O–H groups in total. The first-order valence-corrected chi connectivity index (χ1v) is 6.41. The Kier molecular flexibility index (Phi) is 3.31. The lowest BCUT2D eigenvalue weighted by molar-refractivity contribution is 0.444. The number of anilines is 1. The number of hydrogen-bond donors (Lipinski definition) is 1. The molecule has 1 aliphatic rings. The summed E-state index contributed by atoms with van der Waals surface area (Å²) in [5.74, 6) is 0.751. The second-order valence-electron chi connectivity index (χ2n) is 4.66. The molecule has 82 valence electrons. The van der Waals surface area contributed by atoms with E-state index in [0.29, 0.717) is 0 Å². The van der Waals surface area contributed by atoms with Gasteiger partial charge in [0.05, 0.1) is 0 Å². The number of hydrogen-bond acceptors (Lipinski definition) is 1. The molecule has 0 radical (unpaired) electrons. The summed E-state index contributed by atoms with van der Waals surface area (Å²) in [4.78, 5) is 0. The van der Waals surface area contributed by atoms with E-state index < -0.39 is 0 Å². The van der Waals surface area contributed by atoms with E-state index in [-0.39, 0.29) is 0 Å². The summed E-state index contributed by atoms with van der Waals surface area (Å²) in [5, 5.41) is 1.26. The minimum atomic E-state index is 0.751. The topological polar surface area (TPSA) is 26.0 Å². The van der Waals surface area contributed by atoms with Gasteiger partial charge in [0.25, 0.3) is 0 Å². The highest BCUT2D eigenvalue weighted by Crippen LogP contribution is 2.33. The molecule has 1 atom stereocenters. The van der Waals surface area contributed by atoms with Crippen molar-refractivity contribution in [3.63, 3.8) is 0 Å². The number of nitrogens with two attached hydrogens (primary N) is 1. The first kappa shape index (κ1) is 11.0. The van der Waals surface area contributed by atoms with Crippen molar-refractivity contribution in [3.8, 4) is 0 Å². The normalized spacial score (nSPS) is 18.0. The molecule has 0 saturated heterocycles. The Morgan fingerprint density at radius 1 is 1.20 bits per heavy atom. The Balaban J connectivity index is 2.27. The van der Waals surface area contributed by atoms with Crippen molar-refractivity contribution in [2.24, 2.45) is 0 Å². The standard InChI is InChI=1S/C13H20NP/c1-9-12(14)7-11(8-13(9)15)10-5-3-2-4-6-10/h7-8,10H,2-6,14-15H2,1H3. The molecule has 1 aromatic carbocycles. The molecule has 0 spiro atoms. The van der Waals surface area contributed by atoms with Crippen LogP contribution in [0.4, 0.5) is 5.69 Å². The fourth-order valence-corrected chi connectivity index (χ4v) is 2.81. The Bertz CT molecular complexity index is 331. The van der Waals surface area contributed by atoms with Crippen LogP contribution >= 0.6 is 9.24 Å². The number of benzene rings is 1. The molecule has 0 heterocycles. The minimum absolute atomic E-state index is 0.751. The zero-order chi connectivity index (χ0) is 10.8. The Morgan fingerprint density at radius 2 is 1.87 bits per heavy atom. The molecule has 1 aliphatic carbocycles. The largest absolute Gasteiger partial charge is 0.398 e. The third-order valence-corrected chi connectivity index (χ3v) is 4.19. The summed E-state index contributed by atoms with van der Waals surface area (Å²) < 4.78 is 0. The molecule has 0 amide bonds. The summed E-state index contributed by atoms with van der Waals surface area (Å²) >= 11 is 0. The molecule has 1 unspecified atom stereocenters. The maximum Gasteiger partial charge on any atom is 0.0352 e. The predicted molar refractivity (Wildman–Crippen MR) is 70.8 cm³/mol. The van der Waals surface area contributed by atoms with Crippen LogP contribution in [0.1, 0.15) is 49.1 Å². The average Bonchev–Trinajstić information content (AvgIpc) is 2.26. The van der Waals surface area contributed by atoms with E-state index in [2.05, 4.69) is 28.3 Å². The lowest BCUT2D eigenvalue weighted by Crippen LogP contribution is -2.10.